The number of halogens is 2. The Morgan fingerprint density at radius 1 is 1.61 bits per heavy atom. The molecule has 0 aliphatic rings. The first-order chi connectivity index (χ1) is 8.45. The smallest absolute Gasteiger partial charge is 0.260 e. The molecule has 0 aliphatic carbocycles. The van der Waals surface area contributed by atoms with E-state index in [1.54, 1.807) is 14.0 Å². The van der Waals surface area contributed by atoms with Crippen molar-refractivity contribution in [3.63, 3.8) is 0 Å². The lowest BCUT2D eigenvalue weighted by Gasteiger charge is -2.23. The molecule has 100 valence electrons. The predicted octanol–water partition coefficient (Wildman–Crippen LogP) is 1.81. The zero-order valence-corrected chi connectivity index (χ0v) is 11.8. The quantitative estimate of drug-likeness (QED) is 0.900. The van der Waals surface area contributed by atoms with Crippen LogP contribution in [0.4, 0.5) is 4.39 Å². The molecule has 0 aliphatic heterocycles. The number of ether oxygens (including phenoxy) is 1. The van der Waals surface area contributed by atoms with E-state index >= 15 is 0 Å². The number of rotatable bonds is 5. The number of likely N-dealkylation sites (N-methyl/N-ethyl adjacent to an activating group) is 1. The summed E-state index contributed by atoms with van der Waals surface area (Å²) in [5, 5.41) is 8.93. The number of benzene rings is 1. The molecule has 0 radical (unpaired) electrons. The maximum absolute atomic E-state index is 12.8. The lowest BCUT2D eigenvalue weighted by Crippen LogP contribution is -2.40. The Morgan fingerprint density at radius 3 is 2.83 bits per heavy atom. The van der Waals surface area contributed by atoms with Gasteiger partial charge in [0.25, 0.3) is 5.91 Å². The largest absolute Gasteiger partial charge is 0.483 e. The number of carbonyl (C=O) groups excluding carboxylic acids is 1. The molecule has 0 heterocycles. The molecule has 1 amide bonds. The average Bonchev–Trinajstić information content (AvgIpc) is 2.35. The summed E-state index contributed by atoms with van der Waals surface area (Å²) in [7, 11) is 1.59. The SMILES string of the molecule is CC(CO)N(C)C(=O)COc1ccc(F)cc1Br. The van der Waals surface area contributed by atoms with Gasteiger partial charge in [0.05, 0.1) is 17.1 Å². The number of hydrogen-bond acceptors (Lipinski definition) is 3. The summed E-state index contributed by atoms with van der Waals surface area (Å²) in [4.78, 5) is 13.1. The van der Waals surface area contributed by atoms with E-state index in [1.807, 2.05) is 0 Å². The van der Waals surface area contributed by atoms with E-state index in [0.717, 1.165) is 0 Å². The van der Waals surface area contributed by atoms with Crippen LogP contribution in [0.3, 0.4) is 0 Å². The number of carbonyl (C=O) groups is 1. The Morgan fingerprint density at radius 2 is 2.28 bits per heavy atom. The summed E-state index contributed by atoms with van der Waals surface area (Å²) in [6.07, 6.45) is 0. The van der Waals surface area contributed by atoms with Crippen LogP contribution < -0.4 is 4.74 Å². The molecule has 0 saturated carbocycles. The Bertz CT molecular complexity index is 428. The van der Waals surface area contributed by atoms with Crippen molar-refractivity contribution in [2.75, 3.05) is 20.3 Å². The van der Waals surface area contributed by atoms with E-state index in [4.69, 9.17) is 9.84 Å². The summed E-state index contributed by atoms with van der Waals surface area (Å²) in [5.41, 5.74) is 0. The molecule has 0 fully saturated rings. The van der Waals surface area contributed by atoms with E-state index < -0.39 is 0 Å². The van der Waals surface area contributed by atoms with Crippen LogP contribution in [0.1, 0.15) is 6.92 Å². The maximum atomic E-state index is 12.8. The standard InChI is InChI=1S/C12H15BrFNO3/c1-8(6-16)15(2)12(17)7-18-11-4-3-9(14)5-10(11)13/h3-5,8,16H,6-7H2,1-2H3. The van der Waals surface area contributed by atoms with Crippen LogP contribution in [0.5, 0.6) is 5.75 Å². The summed E-state index contributed by atoms with van der Waals surface area (Å²) >= 11 is 3.15. The highest BCUT2D eigenvalue weighted by atomic mass is 79.9. The third-order valence-corrected chi connectivity index (χ3v) is 3.18. The molecule has 1 atom stereocenters. The lowest BCUT2D eigenvalue weighted by molar-refractivity contribution is -0.134. The van der Waals surface area contributed by atoms with Gasteiger partial charge in [-0.15, -0.1) is 0 Å². The number of hydrogen-bond donors (Lipinski definition) is 1. The Kier molecular flexibility index (Phi) is 5.55. The molecule has 0 bridgehead atoms. The molecule has 1 aromatic carbocycles. The molecule has 1 rings (SSSR count). The van der Waals surface area contributed by atoms with E-state index in [9.17, 15) is 9.18 Å². The molecule has 1 unspecified atom stereocenters. The number of nitrogens with zero attached hydrogens (tertiary/aromatic N) is 1. The zero-order valence-electron chi connectivity index (χ0n) is 10.2. The van der Waals surface area contributed by atoms with Crippen LogP contribution in [0.15, 0.2) is 22.7 Å². The summed E-state index contributed by atoms with van der Waals surface area (Å²) in [6, 6.07) is 3.70. The minimum absolute atomic E-state index is 0.109. The first-order valence-electron chi connectivity index (χ1n) is 5.40. The predicted molar refractivity (Wildman–Crippen MR) is 68.9 cm³/mol. The second kappa shape index (κ2) is 6.70. The first-order valence-corrected chi connectivity index (χ1v) is 6.19. The molecular weight excluding hydrogens is 305 g/mol. The van der Waals surface area contributed by atoms with Crippen molar-refractivity contribution in [1.82, 2.24) is 4.90 Å². The summed E-state index contributed by atoms with van der Waals surface area (Å²) in [5.74, 6) is -0.242. The van der Waals surface area contributed by atoms with E-state index in [2.05, 4.69) is 15.9 Å². The lowest BCUT2D eigenvalue weighted by atomic mass is 10.3. The fourth-order valence-corrected chi connectivity index (χ4v) is 1.67. The van der Waals surface area contributed by atoms with Crippen LogP contribution >= 0.6 is 15.9 Å². The zero-order chi connectivity index (χ0) is 13.7. The molecule has 1 aromatic rings. The van der Waals surface area contributed by atoms with Crippen LogP contribution in [0.2, 0.25) is 0 Å². The van der Waals surface area contributed by atoms with Gasteiger partial charge in [0.2, 0.25) is 0 Å². The highest BCUT2D eigenvalue weighted by Gasteiger charge is 2.15. The number of aliphatic hydroxyl groups is 1. The Labute approximate surface area is 113 Å². The molecule has 18 heavy (non-hydrogen) atoms. The topological polar surface area (TPSA) is 49.8 Å². The molecule has 6 heteroatoms. The van der Waals surface area contributed by atoms with Gasteiger partial charge < -0.3 is 14.7 Å². The van der Waals surface area contributed by atoms with Gasteiger partial charge in [-0.1, -0.05) is 0 Å². The van der Waals surface area contributed by atoms with Crippen LogP contribution in [0.25, 0.3) is 0 Å². The molecule has 0 saturated heterocycles. The van der Waals surface area contributed by atoms with E-state index in [0.29, 0.717) is 10.2 Å². The highest BCUT2D eigenvalue weighted by Crippen LogP contribution is 2.25. The van der Waals surface area contributed by atoms with Crippen LogP contribution in [0, 0.1) is 5.82 Å². The van der Waals surface area contributed by atoms with Gasteiger partial charge in [-0.05, 0) is 41.1 Å². The van der Waals surface area contributed by atoms with Crippen molar-refractivity contribution in [1.29, 1.82) is 0 Å². The fraction of sp³-hybridized carbons (Fsp3) is 0.417. The van der Waals surface area contributed by atoms with Crippen molar-refractivity contribution >= 4 is 21.8 Å². The minimum Gasteiger partial charge on any atom is -0.483 e. The number of amides is 1. The van der Waals surface area contributed by atoms with Crippen molar-refractivity contribution < 1.29 is 19.0 Å². The van der Waals surface area contributed by atoms with Crippen molar-refractivity contribution in [2.24, 2.45) is 0 Å². The normalized spacial score (nSPS) is 12.1. The monoisotopic (exact) mass is 319 g/mol. The Hall–Kier alpha value is -1.14. The second-order valence-electron chi connectivity index (χ2n) is 3.90. The maximum Gasteiger partial charge on any atom is 0.260 e. The first kappa shape index (κ1) is 14.9. The second-order valence-corrected chi connectivity index (χ2v) is 4.75. The van der Waals surface area contributed by atoms with Gasteiger partial charge >= 0.3 is 0 Å². The van der Waals surface area contributed by atoms with Gasteiger partial charge in [0.1, 0.15) is 11.6 Å². The van der Waals surface area contributed by atoms with E-state index in [1.165, 1.54) is 23.1 Å². The van der Waals surface area contributed by atoms with Crippen LogP contribution in [-0.4, -0.2) is 42.2 Å². The summed E-state index contributed by atoms with van der Waals surface area (Å²) in [6.45, 7) is 1.46. The van der Waals surface area contributed by atoms with Crippen molar-refractivity contribution in [2.45, 2.75) is 13.0 Å². The molecule has 4 nitrogen and oxygen atoms in total. The van der Waals surface area contributed by atoms with Crippen molar-refractivity contribution in [3.8, 4) is 5.75 Å². The van der Waals surface area contributed by atoms with Gasteiger partial charge in [-0.2, -0.15) is 0 Å². The third kappa shape index (κ3) is 3.96. The summed E-state index contributed by atoms with van der Waals surface area (Å²) < 4.78 is 18.6. The molecule has 0 aromatic heterocycles. The fourth-order valence-electron chi connectivity index (χ4n) is 1.20. The van der Waals surface area contributed by atoms with Gasteiger partial charge in [0.15, 0.2) is 6.61 Å². The third-order valence-electron chi connectivity index (χ3n) is 2.56. The Balaban J connectivity index is 2.57. The average molecular weight is 320 g/mol. The molecule has 0 spiro atoms. The minimum atomic E-state index is -0.383. The highest BCUT2D eigenvalue weighted by molar-refractivity contribution is 9.10. The van der Waals surface area contributed by atoms with Crippen LogP contribution in [-0.2, 0) is 4.79 Å². The number of aliphatic hydroxyl groups excluding tert-OH is 1. The van der Waals surface area contributed by atoms with E-state index in [-0.39, 0.29) is 31.0 Å². The van der Waals surface area contributed by atoms with Crippen molar-refractivity contribution in [3.05, 3.63) is 28.5 Å². The van der Waals surface area contributed by atoms with Gasteiger partial charge in [-0.25, -0.2) is 4.39 Å². The van der Waals surface area contributed by atoms with Gasteiger partial charge in [-0.3, -0.25) is 4.79 Å². The van der Waals surface area contributed by atoms with Gasteiger partial charge in [0, 0.05) is 7.05 Å². The molecular formula is C12H15BrFNO3. The molecule has 1 N–H and O–H groups in total.